The first-order valence-corrected chi connectivity index (χ1v) is 6.42. The van der Waals surface area contributed by atoms with Crippen molar-refractivity contribution in [2.24, 2.45) is 0 Å². The second-order valence-corrected chi connectivity index (χ2v) is 5.63. The predicted molar refractivity (Wildman–Crippen MR) is 77.8 cm³/mol. The maximum Gasteiger partial charge on any atom is 0.118 e. The van der Waals surface area contributed by atoms with Crippen molar-refractivity contribution < 1.29 is 10.2 Å². The van der Waals surface area contributed by atoms with E-state index in [9.17, 15) is 10.2 Å². The fourth-order valence-electron chi connectivity index (χ4n) is 2.21. The normalized spacial score (nSPS) is 11.6. The Morgan fingerprint density at radius 2 is 1.32 bits per heavy atom. The number of phenols is 2. The zero-order valence-electron chi connectivity index (χ0n) is 11.9. The van der Waals surface area contributed by atoms with E-state index >= 15 is 0 Å². The van der Waals surface area contributed by atoms with Crippen LogP contribution in [0.2, 0.25) is 0 Å². The fourth-order valence-corrected chi connectivity index (χ4v) is 2.21. The Labute approximate surface area is 114 Å². The van der Waals surface area contributed by atoms with Gasteiger partial charge in [-0.1, -0.05) is 38.1 Å². The molecule has 0 aliphatic heterocycles. The third-order valence-corrected chi connectivity index (χ3v) is 3.85. The molecule has 2 aromatic carbocycles. The van der Waals surface area contributed by atoms with Crippen LogP contribution < -0.4 is 0 Å². The highest BCUT2D eigenvalue weighted by molar-refractivity contribution is 5.46. The summed E-state index contributed by atoms with van der Waals surface area (Å²) >= 11 is 0. The summed E-state index contributed by atoms with van der Waals surface area (Å²) < 4.78 is 0. The van der Waals surface area contributed by atoms with Crippen LogP contribution in [0.25, 0.3) is 0 Å². The molecule has 0 aromatic heterocycles. The van der Waals surface area contributed by atoms with Crippen LogP contribution in [0.5, 0.6) is 11.5 Å². The van der Waals surface area contributed by atoms with Gasteiger partial charge in [-0.25, -0.2) is 0 Å². The van der Waals surface area contributed by atoms with Crippen LogP contribution in [-0.4, -0.2) is 10.2 Å². The molecule has 0 atom stereocenters. The molecule has 2 nitrogen and oxygen atoms in total. The number of aryl methyl sites for hydroxylation is 2. The third kappa shape index (κ3) is 2.43. The van der Waals surface area contributed by atoms with E-state index in [-0.39, 0.29) is 5.41 Å². The van der Waals surface area contributed by atoms with Crippen molar-refractivity contribution in [1.82, 2.24) is 0 Å². The van der Waals surface area contributed by atoms with Gasteiger partial charge in [0.15, 0.2) is 0 Å². The largest absolute Gasteiger partial charge is 0.508 e. The highest BCUT2D eigenvalue weighted by atomic mass is 16.3. The van der Waals surface area contributed by atoms with Crippen molar-refractivity contribution in [3.63, 3.8) is 0 Å². The van der Waals surface area contributed by atoms with E-state index in [0.717, 1.165) is 22.3 Å². The van der Waals surface area contributed by atoms with Crippen molar-refractivity contribution in [3.8, 4) is 11.5 Å². The molecule has 2 aromatic rings. The molecule has 0 spiro atoms. The summed E-state index contributed by atoms with van der Waals surface area (Å²) in [5.41, 5.74) is 3.69. The van der Waals surface area contributed by atoms with Crippen LogP contribution in [-0.2, 0) is 5.41 Å². The number of benzene rings is 2. The van der Waals surface area contributed by atoms with Gasteiger partial charge in [-0.15, -0.1) is 0 Å². The van der Waals surface area contributed by atoms with Gasteiger partial charge in [0.25, 0.3) is 0 Å². The highest BCUT2D eigenvalue weighted by Crippen LogP contribution is 2.35. The lowest BCUT2D eigenvalue weighted by Gasteiger charge is -2.27. The lowest BCUT2D eigenvalue weighted by atomic mass is 9.77. The molecule has 2 rings (SSSR count). The number of phenolic OH excluding ortho intramolecular Hbond substituents is 2. The summed E-state index contributed by atoms with van der Waals surface area (Å²) in [4.78, 5) is 0. The molecule has 19 heavy (non-hydrogen) atoms. The maximum atomic E-state index is 9.87. The second kappa shape index (κ2) is 4.61. The van der Waals surface area contributed by atoms with Crippen LogP contribution in [0.4, 0.5) is 0 Å². The van der Waals surface area contributed by atoms with Crippen molar-refractivity contribution >= 4 is 0 Å². The van der Waals surface area contributed by atoms with Crippen LogP contribution in [0.15, 0.2) is 36.4 Å². The van der Waals surface area contributed by atoms with E-state index in [0.29, 0.717) is 11.5 Å². The molecule has 0 saturated heterocycles. The second-order valence-electron chi connectivity index (χ2n) is 5.63. The van der Waals surface area contributed by atoms with Gasteiger partial charge in [0.05, 0.1) is 0 Å². The van der Waals surface area contributed by atoms with Crippen LogP contribution >= 0.6 is 0 Å². The summed E-state index contributed by atoms with van der Waals surface area (Å²) in [5.74, 6) is 0.632. The van der Waals surface area contributed by atoms with E-state index < -0.39 is 0 Å². The average molecular weight is 256 g/mol. The van der Waals surface area contributed by atoms with Gasteiger partial charge in [-0.05, 0) is 48.2 Å². The van der Waals surface area contributed by atoms with Gasteiger partial charge in [0.1, 0.15) is 11.5 Å². The zero-order valence-corrected chi connectivity index (χ0v) is 11.9. The molecule has 0 saturated carbocycles. The van der Waals surface area contributed by atoms with Crippen LogP contribution in [0, 0.1) is 13.8 Å². The minimum Gasteiger partial charge on any atom is -0.508 e. The van der Waals surface area contributed by atoms with E-state index in [2.05, 4.69) is 13.8 Å². The molecule has 0 aliphatic carbocycles. The SMILES string of the molecule is Cc1cc(C(C)(C)c2ccc(C)c(O)c2)ccc1O. The lowest BCUT2D eigenvalue weighted by Crippen LogP contribution is -2.19. The maximum absolute atomic E-state index is 9.87. The monoisotopic (exact) mass is 256 g/mol. The minimum absolute atomic E-state index is 0.219. The van der Waals surface area contributed by atoms with Crippen molar-refractivity contribution in [2.45, 2.75) is 33.1 Å². The summed E-state index contributed by atoms with van der Waals surface area (Å²) in [5, 5.41) is 19.5. The van der Waals surface area contributed by atoms with Gasteiger partial charge >= 0.3 is 0 Å². The van der Waals surface area contributed by atoms with Crippen molar-refractivity contribution in [2.75, 3.05) is 0 Å². The average Bonchev–Trinajstić information content (AvgIpc) is 2.35. The quantitative estimate of drug-likeness (QED) is 0.851. The Kier molecular flexibility index (Phi) is 3.27. The topological polar surface area (TPSA) is 40.5 Å². The third-order valence-electron chi connectivity index (χ3n) is 3.85. The molecule has 0 radical (unpaired) electrons. The molecule has 0 amide bonds. The molecule has 0 aliphatic rings. The molecule has 0 bridgehead atoms. The molecule has 0 fully saturated rings. The first kappa shape index (κ1) is 13.5. The van der Waals surface area contributed by atoms with Crippen molar-refractivity contribution in [3.05, 3.63) is 58.7 Å². The summed E-state index contributed by atoms with van der Waals surface area (Å²) in [7, 11) is 0. The Hall–Kier alpha value is -1.96. The fraction of sp³-hybridized carbons (Fsp3) is 0.294. The summed E-state index contributed by atoms with van der Waals surface area (Å²) in [6.07, 6.45) is 0. The van der Waals surface area contributed by atoms with Gasteiger partial charge in [-0.3, -0.25) is 0 Å². The van der Waals surface area contributed by atoms with Crippen LogP contribution in [0.3, 0.4) is 0 Å². The lowest BCUT2D eigenvalue weighted by molar-refractivity contribution is 0.466. The smallest absolute Gasteiger partial charge is 0.118 e. The first-order valence-electron chi connectivity index (χ1n) is 6.42. The molecule has 100 valence electrons. The van der Waals surface area contributed by atoms with Gasteiger partial charge < -0.3 is 10.2 Å². The van der Waals surface area contributed by atoms with Gasteiger partial charge in [-0.2, -0.15) is 0 Å². The Bertz CT molecular complexity index is 559. The number of hydrogen-bond acceptors (Lipinski definition) is 2. The Morgan fingerprint density at radius 3 is 1.89 bits per heavy atom. The highest BCUT2D eigenvalue weighted by Gasteiger charge is 2.24. The van der Waals surface area contributed by atoms with E-state index in [1.54, 1.807) is 6.07 Å². The van der Waals surface area contributed by atoms with Gasteiger partial charge in [0, 0.05) is 5.41 Å². The molecule has 2 N–H and O–H groups in total. The predicted octanol–water partition coefficient (Wildman–Crippen LogP) is 4.04. The number of hydrogen-bond donors (Lipinski definition) is 2. The molecule has 2 heteroatoms. The first-order chi connectivity index (χ1) is 8.82. The summed E-state index contributed by atoms with van der Waals surface area (Å²) in [6.45, 7) is 8.00. The van der Waals surface area contributed by atoms with Gasteiger partial charge in [0.2, 0.25) is 0 Å². The molecular formula is C17H20O2. The summed E-state index contributed by atoms with van der Waals surface area (Å²) in [6, 6.07) is 11.4. The van der Waals surface area contributed by atoms with E-state index in [1.807, 2.05) is 44.2 Å². The minimum atomic E-state index is -0.219. The number of aromatic hydroxyl groups is 2. The van der Waals surface area contributed by atoms with E-state index in [4.69, 9.17) is 0 Å². The molecule has 0 heterocycles. The van der Waals surface area contributed by atoms with E-state index in [1.165, 1.54) is 0 Å². The van der Waals surface area contributed by atoms with Crippen LogP contribution in [0.1, 0.15) is 36.1 Å². The molecular weight excluding hydrogens is 236 g/mol. The number of rotatable bonds is 2. The Morgan fingerprint density at radius 1 is 0.737 bits per heavy atom. The van der Waals surface area contributed by atoms with Crippen molar-refractivity contribution in [1.29, 1.82) is 0 Å². The standard InChI is InChI=1S/C17H20O2/c1-11-5-6-14(10-16(11)19)17(3,4)13-7-8-15(18)12(2)9-13/h5-10,18-19H,1-4H3. The Balaban J connectivity index is 2.51. The zero-order chi connectivity index (χ0) is 14.2. The molecule has 0 unspecified atom stereocenters.